The quantitative estimate of drug-likeness (QED) is 0.514. The van der Waals surface area contributed by atoms with Gasteiger partial charge in [-0.25, -0.2) is 15.0 Å². The Bertz CT molecular complexity index is 799. The Morgan fingerprint density at radius 1 is 0.909 bits per heavy atom. The highest BCUT2D eigenvalue weighted by molar-refractivity contribution is 9.10. The third kappa shape index (κ3) is 3.56. The fourth-order valence-corrected chi connectivity index (χ4v) is 2.37. The molecule has 0 unspecified atom stereocenters. The lowest BCUT2D eigenvalue weighted by Gasteiger charge is -1.95. The minimum Gasteiger partial charge on any atom is -0.306 e. The molecule has 0 amide bonds. The van der Waals surface area contributed by atoms with Crippen molar-refractivity contribution in [3.63, 3.8) is 0 Å². The number of fused-ring (bicyclic) bond motifs is 1. The summed E-state index contributed by atoms with van der Waals surface area (Å²) >= 11 is 3.47. The Morgan fingerprint density at radius 2 is 1.77 bits per heavy atom. The van der Waals surface area contributed by atoms with Crippen molar-refractivity contribution in [3.05, 3.63) is 84.1 Å². The Balaban J connectivity index is 0.000000202. The van der Waals surface area contributed by atoms with Crippen LogP contribution in [-0.4, -0.2) is 19.4 Å². The molecule has 108 valence electrons. The van der Waals surface area contributed by atoms with Crippen molar-refractivity contribution in [1.29, 1.82) is 0 Å². The predicted octanol–water partition coefficient (Wildman–Crippen LogP) is 4.24. The number of halogens is 1. The first-order valence-electron chi connectivity index (χ1n) is 6.72. The van der Waals surface area contributed by atoms with Crippen LogP contribution < -0.4 is 0 Å². The van der Waals surface area contributed by atoms with E-state index < -0.39 is 0 Å². The van der Waals surface area contributed by atoms with Crippen molar-refractivity contribution in [3.8, 4) is 11.3 Å². The Kier molecular flexibility index (Phi) is 4.56. The first-order chi connectivity index (χ1) is 10.8. The zero-order chi connectivity index (χ0) is 15.2. The second-order valence-electron chi connectivity index (χ2n) is 4.51. The van der Waals surface area contributed by atoms with Gasteiger partial charge in [0.05, 0.1) is 5.69 Å². The van der Waals surface area contributed by atoms with Gasteiger partial charge in [0.2, 0.25) is 0 Å². The number of aromatic nitrogens is 4. The topological polar surface area (TPSA) is 43.1 Å². The van der Waals surface area contributed by atoms with Crippen molar-refractivity contribution >= 4 is 21.6 Å². The molecule has 22 heavy (non-hydrogen) atoms. The van der Waals surface area contributed by atoms with Gasteiger partial charge < -0.3 is 4.40 Å². The SMILES string of the molecule is Brc1cccc(-c2cn3ccccc3n2)c1.c1cncnc1. The van der Waals surface area contributed by atoms with Crippen LogP contribution in [0.3, 0.4) is 0 Å². The zero-order valence-electron chi connectivity index (χ0n) is 11.7. The van der Waals surface area contributed by atoms with Crippen LogP contribution >= 0.6 is 15.9 Å². The van der Waals surface area contributed by atoms with Gasteiger partial charge in [0.15, 0.2) is 0 Å². The molecule has 0 aliphatic heterocycles. The average Bonchev–Trinajstić information content (AvgIpc) is 3.01. The van der Waals surface area contributed by atoms with Gasteiger partial charge in [0.25, 0.3) is 0 Å². The van der Waals surface area contributed by atoms with Crippen LogP contribution in [0.5, 0.6) is 0 Å². The standard InChI is InChI=1S/C13H9BrN2.C4H4N2/c14-11-5-3-4-10(8-11)12-9-16-7-2-1-6-13(16)15-12;1-2-5-4-6-3-1/h1-9H;1-4H. The lowest BCUT2D eigenvalue weighted by Crippen LogP contribution is -1.77. The second kappa shape index (κ2) is 6.95. The van der Waals surface area contributed by atoms with E-state index in [0.29, 0.717) is 0 Å². The fraction of sp³-hybridized carbons (Fsp3) is 0. The minimum absolute atomic E-state index is 0.970. The molecule has 4 nitrogen and oxygen atoms in total. The van der Waals surface area contributed by atoms with Gasteiger partial charge in [-0.05, 0) is 30.3 Å². The molecule has 0 fully saturated rings. The van der Waals surface area contributed by atoms with E-state index in [9.17, 15) is 0 Å². The van der Waals surface area contributed by atoms with Gasteiger partial charge in [-0.1, -0.05) is 34.1 Å². The van der Waals surface area contributed by atoms with E-state index in [0.717, 1.165) is 21.4 Å². The largest absolute Gasteiger partial charge is 0.306 e. The molecule has 5 heteroatoms. The Labute approximate surface area is 136 Å². The zero-order valence-corrected chi connectivity index (χ0v) is 13.3. The molecule has 4 rings (SSSR count). The first-order valence-corrected chi connectivity index (χ1v) is 7.52. The molecule has 4 aromatic rings. The van der Waals surface area contributed by atoms with E-state index in [-0.39, 0.29) is 0 Å². The summed E-state index contributed by atoms with van der Waals surface area (Å²) in [4.78, 5) is 11.9. The lowest BCUT2D eigenvalue weighted by molar-refractivity contribution is 1.17. The summed E-state index contributed by atoms with van der Waals surface area (Å²) in [5.41, 5.74) is 3.09. The number of nitrogens with zero attached hydrogens (tertiary/aromatic N) is 4. The van der Waals surface area contributed by atoms with E-state index in [1.165, 1.54) is 6.33 Å². The lowest BCUT2D eigenvalue weighted by atomic mass is 10.2. The summed E-state index contributed by atoms with van der Waals surface area (Å²) in [6.07, 6.45) is 8.92. The Morgan fingerprint density at radius 3 is 2.41 bits per heavy atom. The van der Waals surface area contributed by atoms with Crippen LogP contribution in [-0.2, 0) is 0 Å². The van der Waals surface area contributed by atoms with Crippen LogP contribution in [0.2, 0.25) is 0 Å². The molecule has 0 aliphatic rings. The highest BCUT2D eigenvalue weighted by Crippen LogP contribution is 2.22. The molecule has 0 atom stereocenters. The summed E-state index contributed by atoms with van der Waals surface area (Å²) in [6, 6.07) is 15.9. The Hall–Kier alpha value is -2.53. The van der Waals surface area contributed by atoms with Crippen LogP contribution in [0.25, 0.3) is 16.9 Å². The van der Waals surface area contributed by atoms with Crippen LogP contribution in [0, 0.1) is 0 Å². The van der Waals surface area contributed by atoms with Crippen LogP contribution in [0.1, 0.15) is 0 Å². The molecule has 1 aromatic carbocycles. The first kappa shape index (κ1) is 14.4. The number of imidazole rings is 1. The molecular formula is C17H13BrN4. The third-order valence-corrected chi connectivity index (χ3v) is 3.46. The van der Waals surface area contributed by atoms with Crippen LogP contribution in [0.4, 0.5) is 0 Å². The minimum atomic E-state index is 0.970. The second-order valence-corrected chi connectivity index (χ2v) is 5.42. The van der Waals surface area contributed by atoms with Gasteiger partial charge in [-0.3, -0.25) is 0 Å². The molecule has 3 aromatic heterocycles. The third-order valence-electron chi connectivity index (χ3n) is 2.96. The average molecular weight is 353 g/mol. The fourth-order valence-electron chi connectivity index (χ4n) is 1.97. The molecule has 0 N–H and O–H groups in total. The normalized spacial score (nSPS) is 10.0. The molecule has 0 aliphatic carbocycles. The van der Waals surface area contributed by atoms with E-state index in [1.54, 1.807) is 18.5 Å². The van der Waals surface area contributed by atoms with Crippen molar-refractivity contribution in [2.24, 2.45) is 0 Å². The predicted molar refractivity (Wildman–Crippen MR) is 90.4 cm³/mol. The highest BCUT2D eigenvalue weighted by Gasteiger charge is 2.03. The van der Waals surface area contributed by atoms with E-state index >= 15 is 0 Å². The maximum atomic E-state index is 4.57. The van der Waals surface area contributed by atoms with Gasteiger partial charge in [-0.15, -0.1) is 0 Å². The smallest absolute Gasteiger partial charge is 0.137 e. The van der Waals surface area contributed by atoms with Crippen LogP contribution in [0.15, 0.2) is 84.1 Å². The maximum Gasteiger partial charge on any atom is 0.137 e. The summed E-state index contributed by atoms with van der Waals surface area (Å²) in [5, 5.41) is 0. The van der Waals surface area contributed by atoms with E-state index in [4.69, 9.17) is 0 Å². The number of benzene rings is 1. The number of hydrogen-bond donors (Lipinski definition) is 0. The van der Waals surface area contributed by atoms with Gasteiger partial charge >= 0.3 is 0 Å². The van der Waals surface area contributed by atoms with Crippen molar-refractivity contribution < 1.29 is 0 Å². The van der Waals surface area contributed by atoms with Crippen molar-refractivity contribution in [2.75, 3.05) is 0 Å². The summed E-state index contributed by atoms with van der Waals surface area (Å²) in [7, 11) is 0. The number of hydrogen-bond acceptors (Lipinski definition) is 3. The molecule has 0 saturated carbocycles. The molecule has 0 bridgehead atoms. The number of rotatable bonds is 1. The van der Waals surface area contributed by atoms with Gasteiger partial charge in [0.1, 0.15) is 12.0 Å². The van der Waals surface area contributed by atoms with Crippen molar-refractivity contribution in [2.45, 2.75) is 0 Å². The molecular weight excluding hydrogens is 340 g/mol. The van der Waals surface area contributed by atoms with E-state index in [2.05, 4.69) is 43.0 Å². The summed E-state index contributed by atoms with van der Waals surface area (Å²) in [6.45, 7) is 0. The van der Waals surface area contributed by atoms with E-state index in [1.807, 2.05) is 47.1 Å². The summed E-state index contributed by atoms with van der Waals surface area (Å²) < 4.78 is 3.10. The molecule has 0 spiro atoms. The number of pyridine rings is 1. The summed E-state index contributed by atoms with van der Waals surface area (Å²) in [5.74, 6) is 0. The maximum absolute atomic E-state index is 4.57. The molecule has 0 saturated heterocycles. The van der Waals surface area contributed by atoms with Crippen molar-refractivity contribution in [1.82, 2.24) is 19.4 Å². The highest BCUT2D eigenvalue weighted by atomic mass is 79.9. The van der Waals surface area contributed by atoms with Gasteiger partial charge in [0, 0.05) is 34.8 Å². The van der Waals surface area contributed by atoms with Gasteiger partial charge in [-0.2, -0.15) is 0 Å². The molecule has 0 radical (unpaired) electrons. The monoisotopic (exact) mass is 352 g/mol. The molecule has 3 heterocycles.